The molecule has 0 amide bonds. The molecule has 0 aromatic heterocycles. The molecule has 0 atom stereocenters. The average Bonchev–Trinajstić information content (AvgIpc) is 2.86. The normalized spacial score (nSPS) is 24.5. The van der Waals surface area contributed by atoms with Crippen LogP contribution in [0.25, 0.3) is 0 Å². The standard InChI is InChI=1S/C21H26O2S2/c22-19-17-13-7-8-14-18(17)20(23)21(19,24-15-9-3-1-4-10-15)25-16-11-5-2-6-12-16/h7-8,13-16H,1-6,9-12H2. The van der Waals surface area contributed by atoms with E-state index in [1.807, 2.05) is 24.3 Å². The van der Waals surface area contributed by atoms with Gasteiger partial charge in [0, 0.05) is 21.6 Å². The molecule has 3 aliphatic rings. The van der Waals surface area contributed by atoms with Crippen LogP contribution in [-0.2, 0) is 0 Å². The molecule has 134 valence electrons. The summed E-state index contributed by atoms with van der Waals surface area (Å²) in [5.41, 5.74) is 1.30. The average molecular weight is 375 g/mol. The van der Waals surface area contributed by atoms with Gasteiger partial charge in [0.05, 0.1) is 0 Å². The van der Waals surface area contributed by atoms with E-state index in [1.165, 1.54) is 38.5 Å². The van der Waals surface area contributed by atoms with Crippen LogP contribution in [0.5, 0.6) is 0 Å². The van der Waals surface area contributed by atoms with Gasteiger partial charge in [-0.2, -0.15) is 0 Å². The Bertz CT molecular complexity index is 601. The molecular formula is C21H26O2S2. The molecule has 0 aliphatic heterocycles. The first kappa shape index (κ1) is 17.7. The Hall–Kier alpha value is -0.740. The number of thioether (sulfide) groups is 2. The predicted molar refractivity (Wildman–Crippen MR) is 107 cm³/mol. The highest BCUT2D eigenvalue weighted by molar-refractivity contribution is 8.21. The molecule has 2 fully saturated rings. The zero-order chi connectivity index (χ0) is 17.3. The van der Waals surface area contributed by atoms with Crippen molar-refractivity contribution < 1.29 is 9.59 Å². The summed E-state index contributed by atoms with van der Waals surface area (Å²) in [6.07, 6.45) is 12.1. The highest BCUT2D eigenvalue weighted by Crippen LogP contribution is 2.54. The maximum atomic E-state index is 13.4. The van der Waals surface area contributed by atoms with Crippen LogP contribution in [0, 0.1) is 0 Å². The number of carbonyl (C=O) groups excluding carboxylic acids is 2. The first-order chi connectivity index (χ1) is 12.2. The fourth-order valence-electron chi connectivity index (χ4n) is 4.41. The molecule has 0 spiro atoms. The van der Waals surface area contributed by atoms with Crippen LogP contribution in [0.4, 0.5) is 0 Å². The van der Waals surface area contributed by atoms with E-state index >= 15 is 0 Å². The number of hydrogen-bond donors (Lipinski definition) is 0. The smallest absolute Gasteiger partial charge is 0.197 e. The largest absolute Gasteiger partial charge is 0.291 e. The summed E-state index contributed by atoms with van der Waals surface area (Å²) in [6, 6.07) is 7.47. The zero-order valence-electron chi connectivity index (χ0n) is 14.7. The molecular weight excluding hydrogens is 348 g/mol. The molecule has 0 unspecified atom stereocenters. The molecule has 4 rings (SSSR count). The molecule has 0 saturated heterocycles. The van der Waals surface area contributed by atoms with Crippen LogP contribution >= 0.6 is 23.5 Å². The Balaban J connectivity index is 1.66. The summed E-state index contributed by atoms with van der Waals surface area (Å²) in [5, 5.41) is 0.902. The molecule has 0 N–H and O–H groups in total. The van der Waals surface area contributed by atoms with Gasteiger partial charge < -0.3 is 0 Å². The van der Waals surface area contributed by atoms with E-state index in [2.05, 4.69) is 0 Å². The van der Waals surface area contributed by atoms with Gasteiger partial charge in [0.2, 0.25) is 0 Å². The van der Waals surface area contributed by atoms with Crippen LogP contribution in [0.15, 0.2) is 24.3 Å². The molecule has 1 aromatic rings. The Morgan fingerprint density at radius 3 is 1.48 bits per heavy atom. The fraction of sp³-hybridized carbons (Fsp3) is 0.619. The van der Waals surface area contributed by atoms with Gasteiger partial charge >= 0.3 is 0 Å². The topological polar surface area (TPSA) is 34.1 Å². The molecule has 2 saturated carbocycles. The van der Waals surface area contributed by atoms with Crippen molar-refractivity contribution in [2.75, 3.05) is 0 Å². The minimum absolute atomic E-state index is 0.0687. The van der Waals surface area contributed by atoms with E-state index in [0.29, 0.717) is 21.6 Å². The van der Waals surface area contributed by atoms with Crippen molar-refractivity contribution in [2.24, 2.45) is 0 Å². The molecule has 3 aliphatic carbocycles. The number of rotatable bonds is 4. The van der Waals surface area contributed by atoms with E-state index in [4.69, 9.17) is 0 Å². The lowest BCUT2D eigenvalue weighted by molar-refractivity contribution is 0.0915. The van der Waals surface area contributed by atoms with Crippen LogP contribution in [0.2, 0.25) is 0 Å². The number of carbonyl (C=O) groups is 2. The summed E-state index contributed by atoms with van der Waals surface area (Å²) in [5.74, 6) is 0.137. The number of ketones is 2. The highest BCUT2D eigenvalue weighted by atomic mass is 32.2. The Kier molecular flexibility index (Phi) is 5.28. The van der Waals surface area contributed by atoms with E-state index in [-0.39, 0.29) is 11.6 Å². The first-order valence-electron chi connectivity index (χ1n) is 9.75. The van der Waals surface area contributed by atoms with Crippen molar-refractivity contribution in [3.05, 3.63) is 35.4 Å². The van der Waals surface area contributed by atoms with Gasteiger partial charge in [0.15, 0.2) is 15.6 Å². The fourth-order valence-corrected chi connectivity index (χ4v) is 8.40. The Labute approximate surface area is 158 Å². The summed E-state index contributed by atoms with van der Waals surface area (Å²) in [7, 11) is 0. The van der Waals surface area contributed by atoms with Crippen LogP contribution in [0.3, 0.4) is 0 Å². The Morgan fingerprint density at radius 1 is 0.680 bits per heavy atom. The minimum Gasteiger partial charge on any atom is -0.291 e. The van der Waals surface area contributed by atoms with Gasteiger partial charge in [-0.05, 0) is 25.7 Å². The second-order valence-electron chi connectivity index (χ2n) is 7.58. The van der Waals surface area contributed by atoms with Crippen molar-refractivity contribution in [3.63, 3.8) is 0 Å². The molecule has 0 bridgehead atoms. The van der Waals surface area contributed by atoms with Crippen molar-refractivity contribution >= 4 is 35.1 Å². The molecule has 2 nitrogen and oxygen atoms in total. The third-order valence-electron chi connectivity index (χ3n) is 5.78. The van der Waals surface area contributed by atoms with E-state index < -0.39 is 4.08 Å². The van der Waals surface area contributed by atoms with E-state index in [0.717, 1.165) is 25.7 Å². The molecule has 4 heteroatoms. The maximum absolute atomic E-state index is 13.4. The third kappa shape index (κ3) is 3.32. The molecule has 0 heterocycles. The third-order valence-corrected chi connectivity index (χ3v) is 9.38. The van der Waals surface area contributed by atoms with Crippen molar-refractivity contribution in [2.45, 2.75) is 78.8 Å². The van der Waals surface area contributed by atoms with E-state index in [9.17, 15) is 9.59 Å². The van der Waals surface area contributed by atoms with Crippen molar-refractivity contribution in [1.82, 2.24) is 0 Å². The first-order valence-corrected chi connectivity index (χ1v) is 11.5. The van der Waals surface area contributed by atoms with Crippen LogP contribution in [0.1, 0.15) is 84.9 Å². The van der Waals surface area contributed by atoms with Gasteiger partial charge in [-0.15, -0.1) is 23.5 Å². The summed E-state index contributed by atoms with van der Waals surface area (Å²) >= 11 is 3.41. The molecule has 25 heavy (non-hydrogen) atoms. The van der Waals surface area contributed by atoms with Gasteiger partial charge in [0.25, 0.3) is 0 Å². The quantitative estimate of drug-likeness (QED) is 0.486. The monoisotopic (exact) mass is 374 g/mol. The predicted octanol–water partition coefficient (Wildman–Crippen LogP) is 5.89. The number of fused-ring (bicyclic) bond motifs is 1. The van der Waals surface area contributed by atoms with Crippen molar-refractivity contribution in [1.29, 1.82) is 0 Å². The number of Topliss-reactive ketones (excluding diaryl/α,β-unsaturated/α-hetero) is 2. The van der Waals surface area contributed by atoms with Crippen molar-refractivity contribution in [3.8, 4) is 0 Å². The SMILES string of the molecule is O=C1c2ccccc2C(=O)C1(SC1CCCCC1)SC1CCCCC1. The van der Waals surface area contributed by atoms with Gasteiger partial charge in [-0.25, -0.2) is 0 Å². The molecule has 0 radical (unpaired) electrons. The van der Waals surface area contributed by atoms with Gasteiger partial charge in [0.1, 0.15) is 0 Å². The maximum Gasteiger partial charge on any atom is 0.197 e. The van der Waals surface area contributed by atoms with Crippen LogP contribution < -0.4 is 0 Å². The van der Waals surface area contributed by atoms with Crippen LogP contribution in [-0.4, -0.2) is 26.1 Å². The second-order valence-corrected chi connectivity index (χ2v) is 10.9. The molecule has 1 aromatic carbocycles. The summed E-state index contributed by atoms with van der Waals surface area (Å²) in [4.78, 5) is 26.8. The Morgan fingerprint density at radius 2 is 1.08 bits per heavy atom. The summed E-state index contributed by atoms with van der Waals surface area (Å²) < 4.78 is -0.909. The zero-order valence-corrected chi connectivity index (χ0v) is 16.3. The highest BCUT2D eigenvalue weighted by Gasteiger charge is 2.56. The van der Waals surface area contributed by atoms with Gasteiger partial charge in [-0.1, -0.05) is 62.8 Å². The second kappa shape index (κ2) is 7.48. The van der Waals surface area contributed by atoms with E-state index in [1.54, 1.807) is 23.5 Å². The number of benzene rings is 1. The van der Waals surface area contributed by atoms with Gasteiger partial charge in [-0.3, -0.25) is 9.59 Å². The lowest BCUT2D eigenvalue weighted by Crippen LogP contribution is -2.39. The lowest BCUT2D eigenvalue weighted by Gasteiger charge is -2.35. The minimum atomic E-state index is -0.909. The summed E-state index contributed by atoms with van der Waals surface area (Å²) in [6.45, 7) is 0. The lowest BCUT2D eigenvalue weighted by atomic mass is 10.0. The number of hydrogen-bond acceptors (Lipinski definition) is 4.